The van der Waals surface area contributed by atoms with Crippen molar-refractivity contribution in [1.82, 2.24) is 10.6 Å². The highest BCUT2D eigenvalue weighted by molar-refractivity contribution is 4.98. The Balaban J connectivity index is 2.55. The van der Waals surface area contributed by atoms with Crippen LogP contribution in [0.15, 0.2) is 0 Å². The van der Waals surface area contributed by atoms with E-state index < -0.39 is 0 Å². The molecule has 1 fully saturated rings. The molecule has 1 saturated carbocycles. The SMILES string of the molecule is CNCC1(C(CC(C)C)NC)CCC1. The summed E-state index contributed by atoms with van der Waals surface area (Å²) in [6, 6.07) is 0.698. The van der Waals surface area contributed by atoms with E-state index >= 15 is 0 Å². The topological polar surface area (TPSA) is 24.1 Å². The summed E-state index contributed by atoms with van der Waals surface area (Å²) in [6.07, 6.45) is 5.51. The maximum absolute atomic E-state index is 3.52. The van der Waals surface area contributed by atoms with Crippen LogP contribution in [0.3, 0.4) is 0 Å². The van der Waals surface area contributed by atoms with E-state index in [0.717, 1.165) is 5.92 Å². The minimum absolute atomic E-state index is 0.549. The predicted molar refractivity (Wildman–Crippen MR) is 62.5 cm³/mol. The third kappa shape index (κ3) is 2.48. The molecule has 0 aromatic heterocycles. The summed E-state index contributed by atoms with van der Waals surface area (Å²) in [5.41, 5.74) is 0.549. The first-order valence-corrected chi connectivity index (χ1v) is 5.96. The number of nitrogens with one attached hydrogen (secondary N) is 2. The second-order valence-corrected chi connectivity index (χ2v) is 5.22. The molecule has 84 valence electrons. The van der Waals surface area contributed by atoms with Crippen molar-refractivity contribution in [2.24, 2.45) is 11.3 Å². The maximum atomic E-state index is 3.52. The van der Waals surface area contributed by atoms with Gasteiger partial charge in [-0.3, -0.25) is 0 Å². The number of rotatable bonds is 6. The zero-order chi connectivity index (χ0) is 10.6. The first kappa shape index (κ1) is 12.0. The lowest BCUT2D eigenvalue weighted by molar-refractivity contribution is 0.0682. The summed E-state index contributed by atoms with van der Waals surface area (Å²) in [7, 11) is 4.19. The summed E-state index contributed by atoms with van der Waals surface area (Å²) in [4.78, 5) is 0. The molecule has 1 rings (SSSR count). The van der Waals surface area contributed by atoms with Gasteiger partial charge < -0.3 is 10.6 Å². The van der Waals surface area contributed by atoms with Crippen molar-refractivity contribution in [2.45, 2.75) is 45.6 Å². The van der Waals surface area contributed by atoms with Gasteiger partial charge in [-0.15, -0.1) is 0 Å². The summed E-state index contributed by atoms with van der Waals surface area (Å²) in [5.74, 6) is 0.793. The smallest absolute Gasteiger partial charge is 0.0135 e. The Morgan fingerprint density at radius 1 is 1.21 bits per heavy atom. The first-order chi connectivity index (χ1) is 6.64. The van der Waals surface area contributed by atoms with Crippen molar-refractivity contribution in [3.8, 4) is 0 Å². The molecule has 1 aliphatic carbocycles. The van der Waals surface area contributed by atoms with E-state index in [1.807, 2.05) is 0 Å². The van der Waals surface area contributed by atoms with E-state index in [1.54, 1.807) is 0 Å². The summed E-state index contributed by atoms with van der Waals surface area (Å²) in [6.45, 7) is 5.80. The van der Waals surface area contributed by atoms with Gasteiger partial charge in [0.05, 0.1) is 0 Å². The Kier molecular flexibility index (Phi) is 4.39. The van der Waals surface area contributed by atoms with Crippen molar-refractivity contribution in [3.63, 3.8) is 0 Å². The molecule has 0 amide bonds. The fraction of sp³-hybridized carbons (Fsp3) is 1.00. The van der Waals surface area contributed by atoms with Gasteiger partial charge in [0.25, 0.3) is 0 Å². The molecule has 0 spiro atoms. The van der Waals surface area contributed by atoms with E-state index in [1.165, 1.54) is 32.2 Å². The van der Waals surface area contributed by atoms with Gasteiger partial charge in [0.15, 0.2) is 0 Å². The lowest BCUT2D eigenvalue weighted by atomic mass is 9.62. The monoisotopic (exact) mass is 198 g/mol. The second kappa shape index (κ2) is 5.13. The Morgan fingerprint density at radius 2 is 1.86 bits per heavy atom. The van der Waals surface area contributed by atoms with Crippen LogP contribution in [-0.2, 0) is 0 Å². The molecule has 0 bridgehead atoms. The van der Waals surface area contributed by atoms with E-state index in [0.29, 0.717) is 11.5 Å². The van der Waals surface area contributed by atoms with Crippen LogP contribution in [-0.4, -0.2) is 26.7 Å². The third-order valence-corrected chi connectivity index (χ3v) is 3.67. The largest absolute Gasteiger partial charge is 0.319 e. The zero-order valence-electron chi connectivity index (χ0n) is 10.2. The van der Waals surface area contributed by atoms with Crippen molar-refractivity contribution in [2.75, 3.05) is 20.6 Å². The third-order valence-electron chi connectivity index (χ3n) is 3.67. The molecule has 0 radical (unpaired) electrons. The normalized spacial score (nSPS) is 22.1. The molecule has 2 nitrogen and oxygen atoms in total. The van der Waals surface area contributed by atoms with Crippen LogP contribution in [0, 0.1) is 11.3 Å². The molecular weight excluding hydrogens is 172 g/mol. The van der Waals surface area contributed by atoms with Crippen molar-refractivity contribution < 1.29 is 0 Å². The minimum Gasteiger partial charge on any atom is -0.319 e. The Hall–Kier alpha value is -0.0800. The number of hydrogen-bond donors (Lipinski definition) is 2. The second-order valence-electron chi connectivity index (χ2n) is 5.22. The van der Waals surface area contributed by atoms with Gasteiger partial charge in [-0.05, 0) is 44.7 Å². The molecule has 14 heavy (non-hydrogen) atoms. The Bertz CT molecular complexity index is 162. The lowest BCUT2D eigenvalue weighted by Gasteiger charge is -2.48. The van der Waals surface area contributed by atoms with E-state index in [-0.39, 0.29) is 0 Å². The fourth-order valence-corrected chi connectivity index (χ4v) is 2.78. The van der Waals surface area contributed by atoms with Crippen LogP contribution < -0.4 is 10.6 Å². The molecule has 0 heterocycles. The molecule has 1 atom stereocenters. The minimum atomic E-state index is 0.549. The molecule has 1 aliphatic rings. The average Bonchev–Trinajstić information content (AvgIpc) is 2.07. The Labute approximate surface area is 88.8 Å². The molecule has 0 aromatic rings. The maximum Gasteiger partial charge on any atom is 0.0135 e. The summed E-state index contributed by atoms with van der Waals surface area (Å²) < 4.78 is 0. The van der Waals surface area contributed by atoms with Crippen LogP contribution >= 0.6 is 0 Å². The molecule has 0 saturated heterocycles. The van der Waals surface area contributed by atoms with Crippen LogP contribution in [0.5, 0.6) is 0 Å². The highest BCUT2D eigenvalue weighted by Gasteiger charge is 2.42. The standard InChI is InChI=1S/C12H26N2/c1-10(2)8-11(14-4)12(9-13-3)6-5-7-12/h10-11,13-14H,5-9H2,1-4H3. The quantitative estimate of drug-likeness (QED) is 0.682. The van der Waals surface area contributed by atoms with Crippen LogP contribution in [0.4, 0.5) is 0 Å². The fourth-order valence-electron chi connectivity index (χ4n) is 2.78. The number of hydrogen-bond acceptors (Lipinski definition) is 2. The van der Waals surface area contributed by atoms with Crippen LogP contribution in [0.25, 0.3) is 0 Å². The van der Waals surface area contributed by atoms with Crippen molar-refractivity contribution >= 4 is 0 Å². The van der Waals surface area contributed by atoms with Gasteiger partial charge in [0.1, 0.15) is 0 Å². The first-order valence-electron chi connectivity index (χ1n) is 5.96. The van der Waals surface area contributed by atoms with Gasteiger partial charge >= 0.3 is 0 Å². The van der Waals surface area contributed by atoms with Crippen LogP contribution in [0.2, 0.25) is 0 Å². The summed E-state index contributed by atoms with van der Waals surface area (Å²) in [5, 5.41) is 6.88. The molecule has 1 unspecified atom stereocenters. The molecule has 2 N–H and O–H groups in total. The highest BCUT2D eigenvalue weighted by atomic mass is 14.9. The molecule has 0 aliphatic heterocycles. The molecule has 2 heteroatoms. The van der Waals surface area contributed by atoms with Crippen molar-refractivity contribution in [3.05, 3.63) is 0 Å². The van der Waals surface area contributed by atoms with Gasteiger partial charge in [-0.25, -0.2) is 0 Å². The van der Waals surface area contributed by atoms with Crippen molar-refractivity contribution in [1.29, 1.82) is 0 Å². The lowest BCUT2D eigenvalue weighted by Crippen LogP contribution is -2.53. The van der Waals surface area contributed by atoms with Gasteiger partial charge in [0.2, 0.25) is 0 Å². The molecular formula is C12H26N2. The van der Waals surface area contributed by atoms with Crippen LogP contribution in [0.1, 0.15) is 39.5 Å². The van der Waals surface area contributed by atoms with E-state index in [4.69, 9.17) is 0 Å². The van der Waals surface area contributed by atoms with E-state index in [9.17, 15) is 0 Å². The molecule has 0 aromatic carbocycles. The summed E-state index contributed by atoms with van der Waals surface area (Å²) >= 11 is 0. The highest BCUT2D eigenvalue weighted by Crippen LogP contribution is 2.44. The van der Waals surface area contributed by atoms with Gasteiger partial charge in [-0.1, -0.05) is 20.3 Å². The Morgan fingerprint density at radius 3 is 2.14 bits per heavy atom. The zero-order valence-corrected chi connectivity index (χ0v) is 10.2. The van der Waals surface area contributed by atoms with Gasteiger partial charge in [-0.2, -0.15) is 0 Å². The predicted octanol–water partition coefficient (Wildman–Crippen LogP) is 2.01. The average molecular weight is 198 g/mol. The van der Waals surface area contributed by atoms with E-state index in [2.05, 4.69) is 38.6 Å². The van der Waals surface area contributed by atoms with Gasteiger partial charge in [0, 0.05) is 12.6 Å².